The van der Waals surface area contributed by atoms with E-state index in [-0.39, 0.29) is 31.1 Å². The summed E-state index contributed by atoms with van der Waals surface area (Å²) in [5.74, 6) is -1.18. The maximum atomic E-state index is 12.5. The van der Waals surface area contributed by atoms with Crippen molar-refractivity contribution in [2.75, 3.05) is 10.6 Å². The molecule has 2 heterocycles. The molecule has 2 aromatic rings. The van der Waals surface area contributed by atoms with E-state index in [1.54, 1.807) is 38.2 Å². The molecule has 13 heteroatoms. The first-order valence-corrected chi connectivity index (χ1v) is 13.3. The molecule has 2 amide bonds. The van der Waals surface area contributed by atoms with Crippen LogP contribution in [0.1, 0.15) is 52.0 Å². The van der Waals surface area contributed by atoms with Gasteiger partial charge < -0.3 is 19.9 Å². The number of hydrogen-bond acceptors (Lipinski definition) is 8. The number of sulfonamides is 1. The molecule has 2 unspecified atom stereocenters. The number of nitrogens with zero attached hydrogens (tertiary/aromatic N) is 1. The molecule has 3 rings (SSSR count). The van der Waals surface area contributed by atoms with E-state index in [1.165, 1.54) is 13.1 Å². The van der Waals surface area contributed by atoms with Crippen molar-refractivity contribution in [3.05, 3.63) is 36.2 Å². The number of imidazole rings is 1. The summed E-state index contributed by atoms with van der Waals surface area (Å²) in [6.07, 6.45) is 3.59. The first-order chi connectivity index (χ1) is 17.1. The van der Waals surface area contributed by atoms with Crippen LogP contribution in [-0.4, -0.2) is 47.5 Å². The third kappa shape index (κ3) is 7.04. The fourth-order valence-corrected chi connectivity index (χ4v) is 4.27. The predicted molar refractivity (Wildman–Crippen MR) is 131 cm³/mol. The average Bonchev–Trinajstić information content (AvgIpc) is 3.36. The molecular weight excluding hydrogens is 490 g/mol. The van der Waals surface area contributed by atoms with Gasteiger partial charge in [0.05, 0.1) is 16.9 Å². The minimum atomic E-state index is -3.75. The van der Waals surface area contributed by atoms with Crippen LogP contribution in [0.25, 0.3) is 0 Å². The lowest BCUT2D eigenvalue weighted by atomic mass is 9.96. The number of hydrogen-bond donors (Lipinski definition) is 4. The zero-order valence-corrected chi connectivity index (χ0v) is 21.2. The topological polar surface area (TPSA) is 169 Å². The van der Waals surface area contributed by atoms with Crippen LogP contribution in [-0.2, 0) is 35.7 Å². The van der Waals surface area contributed by atoms with E-state index in [1.807, 2.05) is 4.89 Å². The Morgan fingerprint density at radius 1 is 1.25 bits per heavy atom. The second-order valence-electron chi connectivity index (χ2n) is 8.53. The van der Waals surface area contributed by atoms with Crippen molar-refractivity contribution < 1.29 is 32.4 Å². The molecule has 1 aliphatic heterocycles. The number of anilines is 2. The summed E-state index contributed by atoms with van der Waals surface area (Å²) in [6, 6.07) is 5.15. The number of aromatic nitrogens is 2. The minimum absolute atomic E-state index is 0.0628. The number of rotatable bonds is 12. The summed E-state index contributed by atoms with van der Waals surface area (Å²) >= 11 is 0. The van der Waals surface area contributed by atoms with E-state index in [4.69, 9.17) is 9.57 Å². The minimum Gasteiger partial charge on any atom is -0.478 e. The number of aromatic amines is 1. The Morgan fingerprint density at radius 2 is 2.03 bits per heavy atom. The standard InChI is InChI=1S/C23H31N5O7S/c1-4-14(3)36(32,33)28-35-22(31)16(5-2)12-15-6-7-18-17(13-15)26-21(30)19(34-18)8-9-20(29)27-23-24-10-11-25-23/h6-7,10-11,13-14,16,19,28H,4-5,8-9,12H2,1-3H3,(H,26,30)(H2,24,25,27,29)/t14?,16?,19-/m1/s1. The molecule has 196 valence electrons. The molecule has 1 aromatic carbocycles. The second kappa shape index (κ2) is 12.0. The van der Waals surface area contributed by atoms with Gasteiger partial charge in [-0.1, -0.05) is 19.9 Å². The number of ether oxygens (including phenoxy) is 1. The highest BCUT2D eigenvalue weighted by Gasteiger charge is 2.29. The molecule has 12 nitrogen and oxygen atoms in total. The van der Waals surface area contributed by atoms with Crippen LogP contribution in [0.5, 0.6) is 5.75 Å². The first kappa shape index (κ1) is 27.1. The SMILES string of the molecule is CCC(Cc1ccc2c(c1)NC(=O)[C@@H](CCC(=O)Nc1ncc[nH]1)O2)C(=O)ONS(=O)(=O)C(C)CC. The number of carbonyl (C=O) groups excluding carboxylic acids is 3. The number of nitrogens with one attached hydrogen (secondary N) is 4. The van der Waals surface area contributed by atoms with Crippen LogP contribution in [0.4, 0.5) is 11.6 Å². The molecule has 1 aliphatic rings. The van der Waals surface area contributed by atoms with Gasteiger partial charge in [-0.25, -0.2) is 13.4 Å². The summed E-state index contributed by atoms with van der Waals surface area (Å²) < 4.78 is 29.9. The van der Waals surface area contributed by atoms with Crippen molar-refractivity contribution in [3.63, 3.8) is 0 Å². The van der Waals surface area contributed by atoms with Gasteiger partial charge in [-0.05, 0) is 48.8 Å². The zero-order valence-electron chi connectivity index (χ0n) is 20.4. The van der Waals surface area contributed by atoms with Gasteiger partial charge in [0.25, 0.3) is 5.91 Å². The lowest BCUT2D eigenvalue weighted by Gasteiger charge is -2.26. The Labute approximate surface area is 209 Å². The summed E-state index contributed by atoms with van der Waals surface area (Å²) in [6.45, 7) is 5.04. The Kier molecular flexibility index (Phi) is 9.04. The molecule has 0 spiro atoms. The van der Waals surface area contributed by atoms with Gasteiger partial charge >= 0.3 is 5.97 Å². The predicted octanol–water partition coefficient (Wildman–Crippen LogP) is 2.27. The number of fused-ring (bicyclic) bond motifs is 1. The van der Waals surface area contributed by atoms with Crippen LogP contribution < -0.4 is 20.3 Å². The molecule has 0 radical (unpaired) electrons. The largest absolute Gasteiger partial charge is 0.478 e. The first-order valence-electron chi connectivity index (χ1n) is 11.7. The Bertz CT molecular complexity index is 1180. The van der Waals surface area contributed by atoms with Crippen LogP contribution >= 0.6 is 0 Å². The highest BCUT2D eigenvalue weighted by atomic mass is 32.2. The molecule has 4 N–H and O–H groups in total. The Hall–Kier alpha value is -3.45. The maximum Gasteiger partial charge on any atom is 0.329 e. The number of H-pyrrole nitrogens is 1. The molecule has 0 saturated heterocycles. The van der Waals surface area contributed by atoms with Gasteiger partial charge in [-0.3, -0.25) is 19.7 Å². The molecule has 0 aliphatic carbocycles. The van der Waals surface area contributed by atoms with Gasteiger partial charge in [0.15, 0.2) is 6.10 Å². The van der Waals surface area contributed by atoms with Crippen LogP contribution in [0.15, 0.2) is 30.6 Å². The van der Waals surface area contributed by atoms with Crippen LogP contribution in [0, 0.1) is 5.92 Å². The quantitative estimate of drug-likeness (QED) is 0.308. The fourth-order valence-electron chi connectivity index (χ4n) is 3.47. The van der Waals surface area contributed by atoms with E-state index in [0.29, 0.717) is 30.2 Å². The fraction of sp³-hybridized carbons (Fsp3) is 0.478. The summed E-state index contributed by atoms with van der Waals surface area (Å²) in [5, 5.41) is 4.68. The molecule has 1 aromatic heterocycles. The Balaban J connectivity index is 1.56. The van der Waals surface area contributed by atoms with E-state index in [0.717, 1.165) is 5.56 Å². The molecular formula is C23H31N5O7S. The van der Waals surface area contributed by atoms with Crippen LogP contribution in [0.2, 0.25) is 0 Å². The second-order valence-corrected chi connectivity index (χ2v) is 10.6. The van der Waals surface area contributed by atoms with E-state index < -0.39 is 33.3 Å². The Morgan fingerprint density at radius 3 is 2.69 bits per heavy atom. The van der Waals surface area contributed by atoms with Gasteiger partial charge in [0.1, 0.15) is 5.75 Å². The van der Waals surface area contributed by atoms with Crippen LogP contribution in [0.3, 0.4) is 0 Å². The highest BCUT2D eigenvalue weighted by Crippen LogP contribution is 2.32. The van der Waals surface area contributed by atoms with Gasteiger partial charge in [0, 0.05) is 25.2 Å². The van der Waals surface area contributed by atoms with Crippen molar-refractivity contribution in [2.45, 2.75) is 64.2 Å². The third-order valence-corrected chi connectivity index (χ3v) is 7.63. The van der Waals surface area contributed by atoms with E-state index >= 15 is 0 Å². The van der Waals surface area contributed by atoms with Crippen molar-refractivity contribution in [3.8, 4) is 5.75 Å². The molecule has 0 saturated carbocycles. The number of amides is 2. The molecule has 0 bridgehead atoms. The number of carbonyl (C=O) groups is 3. The average molecular weight is 522 g/mol. The normalized spacial score (nSPS) is 16.8. The van der Waals surface area contributed by atoms with E-state index in [2.05, 4.69) is 20.6 Å². The lowest BCUT2D eigenvalue weighted by molar-refractivity contribution is -0.152. The summed E-state index contributed by atoms with van der Waals surface area (Å²) in [5.41, 5.74) is 1.19. The monoisotopic (exact) mass is 521 g/mol. The van der Waals surface area contributed by atoms with Crippen molar-refractivity contribution >= 4 is 39.4 Å². The van der Waals surface area contributed by atoms with Crippen molar-refractivity contribution in [1.29, 1.82) is 0 Å². The smallest absolute Gasteiger partial charge is 0.329 e. The van der Waals surface area contributed by atoms with Crippen molar-refractivity contribution in [1.82, 2.24) is 14.9 Å². The van der Waals surface area contributed by atoms with Gasteiger partial charge in [0.2, 0.25) is 21.9 Å². The van der Waals surface area contributed by atoms with Crippen molar-refractivity contribution in [2.24, 2.45) is 5.92 Å². The van der Waals surface area contributed by atoms with E-state index in [9.17, 15) is 22.8 Å². The van der Waals surface area contributed by atoms with Gasteiger partial charge in [-0.2, -0.15) is 0 Å². The summed E-state index contributed by atoms with van der Waals surface area (Å²) in [7, 11) is -3.75. The lowest BCUT2D eigenvalue weighted by Crippen LogP contribution is -2.37. The highest BCUT2D eigenvalue weighted by molar-refractivity contribution is 7.89. The molecule has 0 fully saturated rings. The van der Waals surface area contributed by atoms with Gasteiger partial charge in [-0.15, -0.1) is 0 Å². The maximum absolute atomic E-state index is 12.5. The third-order valence-electron chi connectivity index (χ3n) is 5.92. The number of benzene rings is 1. The summed E-state index contributed by atoms with van der Waals surface area (Å²) in [4.78, 5) is 50.5. The molecule has 3 atom stereocenters. The zero-order chi connectivity index (χ0) is 26.3. The molecule has 36 heavy (non-hydrogen) atoms.